The molecule has 52 valence electrons. The van der Waals surface area contributed by atoms with E-state index in [2.05, 4.69) is 0 Å². The van der Waals surface area contributed by atoms with Gasteiger partial charge in [-0.2, -0.15) is 0 Å². The largest absolute Gasteiger partial charge is 0.343 e. The molecule has 0 aromatic carbocycles. The third-order valence-electron chi connectivity index (χ3n) is 0.878. The lowest BCUT2D eigenvalue weighted by atomic mass is 10.4. The zero-order valence-corrected chi connectivity index (χ0v) is 5.67. The van der Waals surface area contributed by atoms with E-state index in [4.69, 9.17) is 11.1 Å². The molecule has 0 radical (unpaired) electrons. The first kappa shape index (κ1) is 8.17. The van der Waals surface area contributed by atoms with Crippen molar-refractivity contribution in [3.05, 3.63) is 12.3 Å². The molecule has 0 aliphatic heterocycles. The van der Waals surface area contributed by atoms with Crippen molar-refractivity contribution in [2.75, 3.05) is 13.6 Å². The molecule has 0 atom stereocenters. The van der Waals surface area contributed by atoms with Gasteiger partial charge < -0.3 is 10.6 Å². The monoisotopic (exact) mass is 127 g/mol. The highest BCUT2D eigenvalue weighted by molar-refractivity contribution is 5.51. The van der Waals surface area contributed by atoms with Crippen molar-refractivity contribution in [2.45, 2.75) is 6.42 Å². The fraction of sp³-hybridized carbons (Fsp3) is 0.500. The predicted molar refractivity (Wildman–Crippen MR) is 39.4 cm³/mol. The highest BCUT2D eigenvalue weighted by Crippen LogP contribution is 1.81. The molecule has 0 amide bonds. The van der Waals surface area contributed by atoms with Crippen LogP contribution in [-0.4, -0.2) is 24.8 Å². The molecule has 0 aliphatic rings. The fourth-order valence-corrected chi connectivity index (χ4v) is 0.380. The Morgan fingerprint density at radius 1 is 1.67 bits per heavy atom. The van der Waals surface area contributed by atoms with Crippen LogP contribution in [0.1, 0.15) is 6.42 Å². The van der Waals surface area contributed by atoms with Crippen molar-refractivity contribution in [1.82, 2.24) is 4.90 Å². The van der Waals surface area contributed by atoms with Crippen LogP contribution in [0.5, 0.6) is 0 Å². The van der Waals surface area contributed by atoms with E-state index >= 15 is 0 Å². The summed E-state index contributed by atoms with van der Waals surface area (Å²) in [7, 11) is 1.81. The topological polar surface area (TPSA) is 53.1 Å². The molecule has 0 saturated carbocycles. The summed E-state index contributed by atoms with van der Waals surface area (Å²) < 4.78 is 0. The van der Waals surface area contributed by atoms with E-state index in [1.54, 1.807) is 11.9 Å². The van der Waals surface area contributed by atoms with Crippen LogP contribution in [0.25, 0.3) is 0 Å². The molecule has 3 heteroatoms. The molecule has 0 aromatic heterocycles. The first-order valence-corrected chi connectivity index (χ1v) is 2.90. The number of nitrogens with one attached hydrogen (secondary N) is 1. The molecule has 0 spiro atoms. The van der Waals surface area contributed by atoms with Crippen LogP contribution in [0, 0.1) is 5.41 Å². The molecular formula is C6H13N3. The summed E-state index contributed by atoms with van der Waals surface area (Å²) in [4.78, 5) is 1.66. The van der Waals surface area contributed by atoms with Gasteiger partial charge in [0, 0.05) is 13.2 Å². The maximum absolute atomic E-state index is 6.76. The summed E-state index contributed by atoms with van der Waals surface area (Å²) in [5.41, 5.74) is 5.23. The Kier molecular flexibility index (Phi) is 4.82. The van der Waals surface area contributed by atoms with Crippen LogP contribution in [-0.2, 0) is 0 Å². The molecule has 0 aliphatic carbocycles. The number of hydrogen-bond donors (Lipinski definition) is 2. The lowest BCUT2D eigenvalue weighted by Crippen LogP contribution is -2.05. The van der Waals surface area contributed by atoms with Gasteiger partial charge in [0.1, 0.15) is 0 Å². The normalized spacial score (nSPS) is 10.0. The number of hydrogen-bond acceptors (Lipinski definition) is 2. The summed E-state index contributed by atoms with van der Waals surface area (Å²) in [5.74, 6) is 0. The summed E-state index contributed by atoms with van der Waals surface area (Å²) in [6.45, 7) is 0.669. The third-order valence-corrected chi connectivity index (χ3v) is 0.878. The lowest BCUT2D eigenvalue weighted by Gasteiger charge is -2.02. The van der Waals surface area contributed by atoms with Gasteiger partial charge >= 0.3 is 0 Å². The van der Waals surface area contributed by atoms with Crippen LogP contribution in [0.2, 0.25) is 0 Å². The summed E-state index contributed by atoms with van der Waals surface area (Å²) in [5, 5.41) is 6.76. The maximum Gasteiger partial charge on any atom is 0.0854 e. The molecule has 0 aromatic rings. The first-order valence-electron chi connectivity index (χ1n) is 2.90. The zero-order chi connectivity index (χ0) is 7.11. The van der Waals surface area contributed by atoms with Gasteiger partial charge in [-0.15, -0.1) is 0 Å². The minimum absolute atomic E-state index is 0.669. The van der Waals surface area contributed by atoms with Crippen molar-refractivity contribution >= 4 is 6.34 Å². The van der Waals surface area contributed by atoms with Gasteiger partial charge in [-0.05, 0) is 13.0 Å². The molecule has 0 heterocycles. The van der Waals surface area contributed by atoms with Crippen LogP contribution < -0.4 is 5.73 Å². The first-order chi connectivity index (χ1) is 4.31. The van der Waals surface area contributed by atoms with Gasteiger partial charge in [0.15, 0.2) is 0 Å². The van der Waals surface area contributed by atoms with E-state index in [0.29, 0.717) is 6.54 Å². The second-order valence-electron chi connectivity index (χ2n) is 1.76. The molecule has 3 nitrogen and oxygen atoms in total. The fourth-order valence-electron chi connectivity index (χ4n) is 0.380. The molecular weight excluding hydrogens is 114 g/mol. The van der Waals surface area contributed by atoms with E-state index in [0.717, 1.165) is 6.42 Å². The van der Waals surface area contributed by atoms with Gasteiger partial charge in [0.05, 0.1) is 6.34 Å². The number of nitrogens with zero attached hydrogens (tertiary/aromatic N) is 1. The molecule has 3 N–H and O–H groups in total. The molecule has 0 fully saturated rings. The zero-order valence-electron chi connectivity index (χ0n) is 5.67. The van der Waals surface area contributed by atoms with Crippen molar-refractivity contribution < 1.29 is 0 Å². The van der Waals surface area contributed by atoms with Gasteiger partial charge in [-0.25, -0.2) is 0 Å². The number of nitrogens with two attached hydrogens (primary N) is 1. The van der Waals surface area contributed by atoms with Gasteiger partial charge in [0.25, 0.3) is 0 Å². The van der Waals surface area contributed by atoms with Crippen molar-refractivity contribution in [3.63, 3.8) is 0 Å². The standard InChI is InChI=1S/C6H13N3/c1-9(6-8)5-3-2-4-7/h3,5-6,8H,2,4,7H2,1H3/b5-3+,8-6?. The van der Waals surface area contributed by atoms with Gasteiger partial charge in [0.2, 0.25) is 0 Å². The molecule has 0 rings (SSSR count). The number of rotatable bonds is 4. The van der Waals surface area contributed by atoms with E-state index < -0.39 is 0 Å². The van der Waals surface area contributed by atoms with Crippen molar-refractivity contribution in [1.29, 1.82) is 5.41 Å². The van der Waals surface area contributed by atoms with Gasteiger partial charge in [-0.1, -0.05) is 6.08 Å². The van der Waals surface area contributed by atoms with Crippen molar-refractivity contribution in [3.8, 4) is 0 Å². The Balaban J connectivity index is 3.31. The highest BCUT2D eigenvalue weighted by Gasteiger charge is 1.77. The Labute approximate surface area is 55.7 Å². The van der Waals surface area contributed by atoms with E-state index in [-0.39, 0.29) is 0 Å². The Bertz CT molecular complexity index is 98.5. The van der Waals surface area contributed by atoms with Crippen LogP contribution >= 0.6 is 0 Å². The quantitative estimate of drug-likeness (QED) is 0.424. The highest BCUT2D eigenvalue weighted by atomic mass is 15.1. The van der Waals surface area contributed by atoms with E-state index in [1.165, 1.54) is 6.34 Å². The minimum Gasteiger partial charge on any atom is -0.343 e. The second-order valence-corrected chi connectivity index (χ2v) is 1.76. The minimum atomic E-state index is 0.669. The Hall–Kier alpha value is -0.830. The van der Waals surface area contributed by atoms with Crippen LogP contribution in [0.3, 0.4) is 0 Å². The molecule has 0 saturated heterocycles. The second kappa shape index (κ2) is 5.31. The lowest BCUT2D eigenvalue weighted by molar-refractivity contribution is 0.700. The SMILES string of the molecule is CN(C=N)/C=C/CCN. The maximum atomic E-state index is 6.76. The third kappa shape index (κ3) is 5.03. The smallest absolute Gasteiger partial charge is 0.0854 e. The molecule has 0 unspecified atom stereocenters. The predicted octanol–water partition coefficient (Wildman–Crippen LogP) is 0.388. The van der Waals surface area contributed by atoms with Crippen molar-refractivity contribution in [2.24, 2.45) is 5.73 Å². The molecule has 0 bridgehead atoms. The summed E-state index contributed by atoms with van der Waals surface area (Å²) >= 11 is 0. The average molecular weight is 127 g/mol. The Morgan fingerprint density at radius 2 is 2.33 bits per heavy atom. The van der Waals surface area contributed by atoms with Crippen LogP contribution in [0.4, 0.5) is 0 Å². The van der Waals surface area contributed by atoms with Crippen LogP contribution in [0.15, 0.2) is 12.3 Å². The van der Waals surface area contributed by atoms with E-state index in [1.807, 2.05) is 12.3 Å². The Morgan fingerprint density at radius 3 is 2.78 bits per heavy atom. The molecule has 9 heavy (non-hydrogen) atoms. The average Bonchev–Trinajstić information content (AvgIpc) is 1.89. The van der Waals surface area contributed by atoms with Gasteiger partial charge in [-0.3, -0.25) is 5.41 Å². The van der Waals surface area contributed by atoms with E-state index in [9.17, 15) is 0 Å². The summed E-state index contributed by atoms with van der Waals surface area (Å²) in [6.07, 6.45) is 5.87. The summed E-state index contributed by atoms with van der Waals surface area (Å²) in [6, 6.07) is 0.